The summed E-state index contributed by atoms with van der Waals surface area (Å²) in [6, 6.07) is 24.0. The lowest BCUT2D eigenvalue weighted by molar-refractivity contribution is 0.414. The Morgan fingerprint density at radius 1 is 0.914 bits per heavy atom. The maximum Gasteiger partial charge on any atom is 0.173 e. The molecule has 0 saturated carbocycles. The first-order valence-electron chi connectivity index (χ1n) is 11.1. The molecule has 178 valence electrons. The molecule has 0 aliphatic carbocycles. The molecule has 0 spiro atoms. The Bertz CT molecular complexity index is 1320. The summed E-state index contributed by atoms with van der Waals surface area (Å²) in [5.41, 5.74) is 4.24. The van der Waals surface area contributed by atoms with Gasteiger partial charge in [0, 0.05) is 32.8 Å². The van der Waals surface area contributed by atoms with Gasteiger partial charge in [-0.15, -0.1) is 11.8 Å². The summed E-state index contributed by atoms with van der Waals surface area (Å²) in [4.78, 5) is 9.58. The van der Waals surface area contributed by atoms with Crippen molar-refractivity contribution in [1.29, 1.82) is 0 Å². The lowest BCUT2D eigenvalue weighted by atomic mass is 10.1. The molecule has 5 nitrogen and oxygen atoms in total. The van der Waals surface area contributed by atoms with Crippen LogP contribution < -0.4 is 9.47 Å². The van der Waals surface area contributed by atoms with Crippen molar-refractivity contribution < 1.29 is 9.47 Å². The predicted molar refractivity (Wildman–Crippen MR) is 147 cm³/mol. The van der Waals surface area contributed by atoms with Gasteiger partial charge in [-0.2, -0.15) is 0 Å². The number of hydrogen-bond donors (Lipinski definition) is 0. The van der Waals surface area contributed by atoms with Gasteiger partial charge in [0.1, 0.15) is 11.5 Å². The summed E-state index contributed by atoms with van der Waals surface area (Å²) >= 11 is 9.71. The minimum atomic E-state index is 0.386. The Morgan fingerprint density at radius 3 is 2.20 bits per heavy atom. The van der Waals surface area contributed by atoms with E-state index in [-0.39, 0.29) is 0 Å². The highest BCUT2D eigenvalue weighted by Crippen LogP contribution is 2.34. The molecule has 1 aromatic heterocycles. The number of benzene rings is 3. The number of halogens is 1. The Morgan fingerprint density at radius 2 is 1.54 bits per heavy atom. The van der Waals surface area contributed by atoms with Crippen LogP contribution in [0.25, 0.3) is 16.9 Å². The fraction of sp³-hybridized carbons (Fsp3) is 0.185. The molecule has 5 rings (SSSR count). The van der Waals surface area contributed by atoms with Gasteiger partial charge in [-0.05, 0) is 60.7 Å². The minimum absolute atomic E-state index is 0.386. The third-order valence-corrected chi connectivity index (χ3v) is 8.47. The van der Waals surface area contributed by atoms with Crippen LogP contribution in [-0.4, -0.2) is 46.4 Å². The van der Waals surface area contributed by atoms with Crippen LogP contribution in [0, 0.1) is 0 Å². The van der Waals surface area contributed by atoms with Crippen molar-refractivity contribution in [1.82, 2.24) is 9.55 Å². The van der Waals surface area contributed by atoms with E-state index in [1.54, 1.807) is 26.0 Å². The number of rotatable bonds is 8. The van der Waals surface area contributed by atoms with E-state index in [1.165, 1.54) is 0 Å². The number of imidazole rings is 1. The smallest absolute Gasteiger partial charge is 0.173 e. The van der Waals surface area contributed by atoms with E-state index in [2.05, 4.69) is 28.8 Å². The van der Waals surface area contributed by atoms with Crippen molar-refractivity contribution in [3.8, 4) is 28.4 Å². The first-order chi connectivity index (χ1) is 17.1. The molecule has 1 aliphatic rings. The summed E-state index contributed by atoms with van der Waals surface area (Å²) < 4.78 is 12.8. The minimum Gasteiger partial charge on any atom is -0.497 e. The molecule has 0 radical (unpaired) electrons. The number of nitrogens with zero attached hydrogens (tertiary/aromatic N) is 3. The SMILES string of the molecule is COc1ccc(C2=NC[C@@H](CSc3ncc(-c4ccc(Cl)cc4)n3-c3ccc(OC)cc3)S2)cc1. The molecule has 2 heterocycles. The van der Waals surface area contributed by atoms with Gasteiger partial charge < -0.3 is 9.47 Å². The standard InChI is InChI=1S/C27H24ClN3O2S2/c1-32-22-11-5-19(6-12-22)26-29-15-24(35-26)17-34-27-30-16-25(18-3-7-20(28)8-4-18)31(27)21-9-13-23(33-2)14-10-21/h3-14,16,24H,15,17H2,1-2H3/t24-/m0/s1. The molecule has 3 aromatic carbocycles. The fourth-order valence-electron chi connectivity index (χ4n) is 3.81. The second-order valence-corrected chi connectivity index (χ2v) is 10.6. The summed E-state index contributed by atoms with van der Waals surface area (Å²) in [6.07, 6.45) is 1.93. The normalized spacial score (nSPS) is 15.2. The highest BCUT2D eigenvalue weighted by molar-refractivity contribution is 8.16. The van der Waals surface area contributed by atoms with Gasteiger partial charge in [0.2, 0.25) is 0 Å². The molecular formula is C27H24ClN3O2S2. The van der Waals surface area contributed by atoms with Crippen molar-refractivity contribution in [2.45, 2.75) is 10.4 Å². The highest BCUT2D eigenvalue weighted by atomic mass is 35.5. The summed E-state index contributed by atoms with van der Waals surface area (Å²) in [5, 5.41) is 3.12. The molecule has 4 aromatic rings. The average Bonchev–Trinajstić information content (AvgIpc) is 3.55. The predicted octanol–water partition coefficient (Wildman–Crippen LogP) is 6.86. The lowest BCUT2D eigenvalue weighted by Crippen LogP contribution is -2.08. The number of methoxy groups -OCH3 is 2. The van der Waals surface area contributed by atoms with Crippen LogP contribution >= 0.6 is 35.1 Å². The monoisotopic (exact) mass is 521 g/mol. The number of hydrogen-bond acceptors (Lipinski definition) is 6. The Kier molecular flexibility index (Phi) is 7.37. The van der Waals surface area contributed by atoms with Crippen LogP contribution in [0.15, 0.2) is 89.1 Å². The number of aromatic nitrogens is 2. The highest BCUT2D eigenvalue weighted by Gasteiger charge is 2.23. The van der Waals surface area contributed by atoms with Crippen LogP contribution in [0.2, 0.25) is 5.02 Å². The Labute approximate surface area is 218 Å². The van der Waals surface area contributed by atoms with E-state index >= 15 is 0 Å². The van der Waals surface area contributed by atoms with Gasteiger partial charge in [0.05, 0.1) is 37.7 Å². The molecule has 8 heteroatoms. The molecule has 0 fully saturated rings. The van der Waals surface area contributed by atoms with Gasteiger partial charge >= 0.3 is 0 Å². The van der Waals surface area contributed by atoms with Gasteiger partial charge in [-0.1, -0.05) is 35.5 Å². The molecule has 0 saturated heterocycles. The first kappa shape index (κ1) is 23.9. The van der Waals surface area contributed by atoms with E-state index < -0.39 is 0 Å². The zero-order valence-corrected chi connectivity index (χ0v) is 21.7. The largest absolute Gasteiger partial charge is 0.497 e. The number of ether oxygens (including phenoxy) is 2. The van der Waals surface area contributed by atoms with Crippen molar-refractivity contribution >= 4 is 40.2 Å². The van der Waals surface area contributed by atoms with Gasteiger partial charge in [-0.3, -0.25) is 9.56 Å². The maximum absolute atomic E-state index is 6.13. The van der Waals surface area contributed by atoms with Gasteiger partial charge in [0.15, 0.2) is 5.16 Å². The zero-order chi connectivity index (χ0) is 24.2. The van der Waals surface area contributed by atoms with Crippen LogP contribution in [-0.2, 0) is 0 Å². The van der Waals surface area contributed by atoms with Gasteiger partial charge in [-0.25, -0.2) is 4.98 Å². The van der Waals surface area contributed by atoms with E-state index in [4.69, 9.17) is 31.1 Å². The van der Waals surface area contributed by atoms with Crippen molar-refractivity contribution in [2.24, 2.45) is 4.99 Å². The number of aliphatic imine (C=N–C) groups is 1. The molecule has 0 bridgehead atoms. The second-order valence-electron chi connectivity index (χ2n) is 7.89. The van der Waals surface area contributed by atoms with Crippen LogP contribution in [0.3, 0.4) is 0 Å². The quantitative estimate of drug-likeness (QED) is 0.237. The number of thioether (sulfide) groups is 2. The van der Waals surface area contributed by atoms with E-state index in [0.29, 0.717) is 10.3 Å². The van der Waals surface area contributed by atoms with E-state index in [1.807, 2.05) is 66.5 Å². The Hall–Kier alpha value is -2.87. The maximum atomic E-state index is 6.13. The third-order valence-electron chi connectivity index (χ3n) is 5.65. The zero-order valence-electron chi connectivity index (χ0n) is 19.3. The molecule has 0 amide bonds. The molecule has 1 atom stereocenters. The van der Waals surface area contributed by atoms with Crippen molar-refractivity contribution in [3.63, 3.8) is 0 Å². The van der Waals surface area contributed by atoms with Crippen LogP contribution in [0.5, 0.6) is 11.5 Å². The second kappa shape index (κ2) is 10.8. The van der Waals surface area contributed by atoms with Crippen LogP contribution in [0.1, 0.15) is 5.56 Å². The summed E-state index contributed by atoms with van der Waals surface area (Å²) in [7, 11) is 3.35. The van der Waals surface area contributed by atoms with Crippen molar-refractivity contribution in [2.75, 3.05) is 26.5 Å². The van der Waals surface area contributed by atoms with E-state index in [0.717, 1.165) is 56.5 Å². The molecule has 0 N–H and O–H groups in total. The first-order valence-corrected chi connectivity index (χ1v) is 13.4. The van der Waals surface area contributed by atoms with E-state index in [9.17, 15) is 0 Å². The average molecular weight is 522 g/mol. The summed E-state index contributed by atoms with van der Waals surface area (Å²) in [5.74, 6) is 2.58. The van der Waals surface area contributed by atoms with Crippen molar-refractivity contribution in [3.05, 3.63) is 89.6 Å². The van der Waals surface area contributed by atoms with Gasteiger partial charge in [0.25, 0.3) is 0 Å². The summed E-state index contributed by atoms with van der Waals surface area (Å²) in [6.45, 7) is 0.798. The topological polar surface area (TPSA) is 48.6 Å². The Balaban J connectivity index is 1.35. The third kappa shape index (κ3) is 5.37. The van der Waals surface area contributed by atoms with Crippen LogP contribution in [0.4, 0.5) is 0 Å². The molecular weight excluding hydrogens is 498 g/mol. The lowest BCUT2D eigenvalue weighted by Gasteiger charge is -2.14. The fourth-order valence-corrected chi connectivity index (χ4v) is 6.19. The molecule has 0 unspecified atom stereocenters. The molecule has 1 aliphatic heterocycles. The molecule has 35 heavy (non-hydrogen) atoms.